The third kappa shape index (κ3) is 2.45. The van der Waals surface area contributed by atoms with Gasteiger partial charge < -0.3 is 5.73 Å². The van der Waals surface area contributed by atoms with Crippen LogP contribution in [0.3, 0.4) is 0 Å². The molecule has 0 aromatic heterocycles. The van der Waals surface area contributed by atoms with Crippen LogP contribution in [0.5, 0.6) is 0 Å². The van der Waals surface area contributed by atoms with Crippen LogP contribution in [0.4, 0.5) is 23.2 Å². The highest BCUT2D eigenvalue weighted by atomic mass is 19.4. The van der Waals surface area contributed by atoms with Crippen molar-refractivity contribution in [3.8, 4) is 11.1 Å². The molecule has 0 spiro atoms. The van der Waals surface area contributed by atoms with Gasteiger partial charge in [-0.05, 0) is 29.8 Å². The molecular weight excluding hydrogens is 246 g/mol. The number of anilines is 1. The Hall–Kier alpha value is -2.04. The summed E-state index contributed by atoms with van der Waals surface area (Å²) >= 11 is 0. The van der Waals surface area contributed by atoms with E-state index >= 15 is 0 Å². The van der Waals surface area contributed by atoms with Crippen molar-refractivity contribution in [1.82, 2.24) is 0 Å². The Balaban J connectivity index is 2.45. The molecule has 2 aromatic rings. The molecule has 0 atom stereocenters. The molecule has 0 amide bonds. The fraction of sp³-hybridized carbons (Fsp3) is 0.0769. The summed E-state index contributed by atoms with van der Waals surface area (Å²) in [6.07, 6.45) is -4.54. The van der Waals surface area contributed by atoms with E-state index in [0.29, 0.717) is 17.3 Å². The molecule has 0 aliphatic heterocycles. The van der Waals surface area contributed by atoms with Gasteiger partial charge in [0.1, 0.15) is 5.82 Å². The number of hydrogen-bond acceptors (Lipinski definition) is 1. The molecule has 0 heterocycles. The SMILES string of the molecule is Nc1ccc(-c2ccc(C(F)(F)F)cc2F)cc1. The van der Waals surface area contributed by atoms with E-state index in [4.69, 9.17) is 5.73 Å². The largest absolute Gasteiger partial charge is 0.416 e. The molecule has 0 radical (unpaired) electrons. The Morgan fingerprint density at radius 3 is 2.00 bits per heavy atom. The van der Waals surface area contributed by atoms with Crippen LogP contribution in [0.2, 0.25) is 0 Å². The summed E-state index contributed by atoms with van der Waals surface area (Å²) in [4.78, 5) is 0. The van der Waals surface area contributed by atoms with Gasteiger partial charge in [-0.1, -0.05) is 18.2 Å². The van der Waals surface area contributed by atoms with Crippen LogP contribution < -0.4 is 5.73 Å². The summed E-state index contributed by atoms with van der Waals surface area (Å²) in [6.45, 7) is 0. The zero-order valence-corrected chi connectivity index (χ0v) is 9.13. The van der Waals surface area contributed by atoms with E-state index in [0.717, 1.165) is 12.1 Å². The maximum absolute atomic E-state index is 13.6. The van der Waals surface area contributed by atoms with Crippen LogP contribution in [0.1, 0.15) is 5.56 Å². The maximum atomic E-state index is 13.6. The van der Waals surface area contributed by atoms with E-state index in [9.17, 15) is 17.6 Å². The van der Waals surface area contributed by atoms with Gasteiger partial charge in [-0.25, -0.2) is 4.39 Å². The number of rotatable bonds is 1. The first kappa shape index (κ1) is 12.4. The van der Waals surface area contributed by atoms with E-state index in [-0.39, 0.29) is 5.56 Å². The van der Waals surface area contributed by atoms with Gasteiger partial charge in [-0.3, -0.25) is 0 Å². The minimum absolute atomic E-state index is 0.114. The fourth-order valence-corrected chi connectivity index (χ4v) is 1.59. The summed E-state index contributed by atoms with van der Waals surface area (Å²) in [5, 5.41) is 0. The summed E-state index contributed by atoms with van der Waals surface area (Å²) in [7, 11) is 0. The minimum atomic E-state index is -4.54. The average Bonchev–Trinajstić information content (AvgIpc) is 2.29. The van der Waals surface area contributed by atoms with E-state index in [1.807, 2.05) is 0 Å². The zero-order valence-electron chi connectivity index (χ0n) is 9.13. The molecule has 2 aromatic carbocycles. The van der Waals surface area contributed by atoms with Gasteiger partial charge in [0, 0.05) is 11.3 Å². The third-order valence-corrected chi connectivity index (χ3v) is 2.52. The number of nitrogen functional groups attached to an aromatic ring is 1. The molecule has 0 saturated heterocycles. The highest BCUT2D eigenvalue weighted by molar-refractivity contribution is 5.66. The highest BCUT2D eigenvalue weighted by Crippen LogP contribution is 2.32. The van der Waals surface area contributed by atoms with Crippen molar-refractivity contribution in [2.45, 2.75) is 6.18 Å². The molecule has 0 unspecified atom stereocenters. The lowest BCUT2D eigenvalue weighted by Crippen LogP contribution is -2.05. The van der Waals surface area contributed by atoms with Gasteiger partial charge in [-0.15, -0.1) is 0 Å². The molecule has 0 aliphatic carbocycles. The van der Waals surface area contributed by atoms with Gasteiger partial charge in [0.25, 0.3) is 0 Å². The van der Waals surface area contributed by atoms with Crippen molar-refractivity contribution in [2.24, 2.45) is 0 Å². The maximum Gasteiger partial charge on any atom is 0.416 e. The summed E-state index contributed by atoms with van der Waals surface area (Å²) < 4.78 is 50.8. The van der Waals surface area contributed by atoms with E-state index in [2.05, 4.69) is 0 Å². The predicted octanol–water partition coefficient (Wildman–Crippen LogP) is 4.09. The Labute approximate surface area is 101 Å². The van der Waals surface area contributed by atoms with Crippen LogP contribution in [-0.2, 0) is 6.18 Å². The third-order valence-electron chi connectivity index (χ3n) is 2.52. The van der Waals surface area contributed by atoms with Gasteiger partial charge in [0.05, 0.1) is 5.56 Å². The van der Waals surface area contributed by atoms with Gasteiger partial charge in [0.15, 0.2) is 0 Å². The first-order valence-corrected chi connectivity index (χ1v) is 5.10. The van der Waals surface area contributed by atoms with Crippen molar-refractivity contribution in [3.63, 3.8) is 0 Å². The molecule has 2 rings (SSSR count). The number of alkyl halides is 3. The second-order valence-electron chi connectivity index (χ2n) is 3.81. The smallest absolute Gasteiger partial charge is 0.399 e. The van der Waals surface area contributed by atoms with Crippen molar-refractivity contribution >= 4 is 5.69 Å². The molecule has 2 N–H and O–H groups in total. The Morgan fingerprint density at radius 1 is 0.889 bits per heavy atom. The lowest BCUT2D eigenvalue weighted by atomic mass is 10.0. The molecule has 94 valence electrons. The second-order valence-corrected chi connectivity index (χ2v) is 3.81. The number of nitrogens with two attached hydrogens (primary N) is 1. The van der Waals surface area contributed by atoms with Gasteiger partial charge in [-0.2, -0.15) is 13.2 Å². The second kappa shape index (κ2) is 4.33. The zero-order chi connectivity index (χ0) is 13.3. The highest BCUT2D eigenvalue weighted by Gasteiger charge is 2.31. The Bertz CT molecular complexity index is 558. The summed E-state index contributed by atoms with van der Waals surface area (Å²) in [5.41, 5.74) is 5.58. The van der Waals surface area contributed by atoms with Crippen LogP contribution in [0, 0.1) is 5.82 Å². The first-order chi connectivity index (χ1) is 8.38. The standard InChI is InChI=1S/C13H9F4N/c14-12-7-9(13(15,16)17)3-6-11(12)8-1-4-10(18)5-2-8/h1-7H,18H2. The molecule has 0 bridgehead atoms. The van der Waals surface area contributed by atoms with Gasteiger partial charge >= 0.3 is 6.18 Å². The van der Waals surface area contributed by atoms with Crippen LogP contribution in [0.15, 0.2) is 42.5 Å². The lowest BCUT2D eigenvalue weighted by Gasteiger charge is -2.09. The number of benzene rings is 2. The molecule has 0 fully saturated rings. The predicted molar refractivity (Wildman–Crippen MR) is 61.3 cm³/mol. The lowest BCUT2D eigenvalue weighted by molar-refractivity contribution is -0.137. The molecule has 1 nitrogen and oxygen atoms in total. The average molecular weight is 255 g/mol. The van der Waals surface area contributed by atoms with Crippen molar-refractivity contribution in [3.05, 3.63) is 53.8 Å². The summed E-state index contributed by atoms with van der Waals surface area (Å²) in [6, 6.07) is 8.70. The monoisotopic (exact) mass is 255 g/mol. The van der Waals surface area contributed by atoms with E-state index in [1.165, 1.54) is 0 Å². The fourth-order valence-electron chi connectivity index (χ4n) is 1.59. The molecule has 0 saturated carbocycles. The minimum Gasteiger partial charge on any atom is -0.399 e. The van der Waals surface area contributed by atoms with Crippen LogP contribution in [-0.4, -0.2) is 0 Å². The molecule has 18 heavy (non-hydrogen) atoms. The van der Waals surface area contributed by atoms with E-state index < -0.39 is 17.6 Å². The van der Waals surface area contributed by atoms with Crippen LogP contribution >= 0.6 is 0 Å². The van der Waals surface area contributed by atoms with Crippen LogP contribution in [0.25, 0.3) is 11.1 Å². The Kier molecular flexibility index (Phi) is 2.98. The van der Waals surface area contributed by atoms with E-state index in [1.54, 1.807) is 24.3 Å². The van der Waals surface area contributed by atoms with Gasteiger partial charge in [0.2, 0.25) is 0 Å². The first-order valence-electron chi connectivity index (χ1n) is 5.10. The van der Waals surface area contributed by atoms with Crippen molar-refractivity contribution < 1.29 is 17.6 Å². The van der Waals surface area contributed by atoms with Crippen molar-refractivity contribution in [1.29, 1.82) is 0 Å². The molecule has 5 heteroatoms. The normalized spacial score (nSPS) is 11.6. The Morgan fingerprint density at radius 2 is 1.50 bits per heavy atom. The topological polar surface area (TPSA) is 26.0 Å². The number of hydrogen-bond donors (Lipinski definition) is 1. The molecular formula is C13H9F4N. The van der Waals surface area contributed by atoms with Crippen molar-refractivity contribution in [2.75, 3.05) is 5.73 Å². The molecule has 0 aliphatic rings. The summed E-state index contributed by atoms with van der Waals surface area (Å²) in [5.74, 6) is -0.908. The quantitative estimate of drug-likeness (QED) is 0.602. The number of halogens is 4.